The fourth-order valence-corrected chi connectivity index (χ4v) is 9.29. The molecule has 7 aromatic rings. The Kier molecular flexibility index (Phi) is 12.4. The van der Waals surface area contributed by atoms with E-state index in [-0.39, 0.29) is 23.4 Å². The predicted molar refractivity (Wildman–Crippen MR) is 238 cm³/mol. The van der Waals surface area contributed by atoms with Crippen molar-refractivity contribution < 1.29 is 29.0 Å². The van der Waals surface area contributed by atoms with Crippen LogP contribution in [0.3, 0.4) is 0 Å². The van der Waals surface area contributed by atoms with Gasteiger partial charge in [-0.3, -0.25) is 14.9 Å². The van der Waals surface area contributed by atoms with Crippen LogP contribution in [0, 0.1) is 0 Å². The van der Waals surface area contributed by atoms with Crippen LogP contribution in [-0.4, -0.2) is 79.6 Å². The van der Waals surface area contributed by atoms with E-state index in [2.05, 4.69) is 32.9 Å². The van der Waals surface area contributed by atoms with Gasteiger partial charge in [0.25, 0.3) is 5.24 Å². The maximum absolute atomic E-state index is 13.0. The topological polar surface area (TPSA) is 192 Å². The molecule has 318 valence electrons. The highest BCUT2D eigenvalue weighted by molar-refractivity contribution is 8.15. The minimum atomic E-state index is -1.01. The molecular weight excluding hydrogens is 827 g/mol. The van der Waals surface area contributed by atoms with Gasteiger partial charge in [0.15, 0.2) is 5.69 Å². The number of carboxylic acid groups (broad SMARTS) is 1. The van der Waals surface area contributed by atoms with E-state index in [1.807, 2.05) is 121 Å². The van der Waals surface area contributed by atoms with Crippen LogP contribution in [0.1, 0.15) is 66.2 Å². The van der Waals surface area contributed by atoms with Gasteiger partial charge in [-0.15, -0.1) is 22.0 Å². The first-order valence-electron chi connectivity index (χ1n) is 20.2. The number of carbonyl (C=O) groups excluding carboxylic acids is 2. The van der Waals surface area contributed by atoms with E-state index in [0.29, 0.717) is 54.8 Å². The number of hydrogen-bond acceptors (Lipinski definition) is 12. The Morgan fingerprint density at radius 2 is 1.66 bits per heavy atom. The number of ether oxygens (including phenoxy) is 2. The second-order valence-corrected chi connectivity index (χ2v) is 18.2. The predicted octanol–water partition coefficient (Wildman–Crippen LogP) is 7.84. The number of aryl methyl sites for hydroxylation is 2. The van der Waals surface area contributed by atoms with Gasteiger partial charge in [0.05, 0.1) is 33.3 Å². The quantitative estimate of drug-likeness (QED) is 0.0708. The Labute approximate surface area is 366 Å². The molecule has 4 heterocycles. The highest BCUT2D eigenvalue weighted by atomic mass is 32.2. The Morgan fingerprint density at radius 1 is 0.919 bits per heavy atom. The normalized spacial score (nSPS) is 14.1. The average molecular weight is 872 g/mol. The number of rotatable bonds is 18. The minimum Gasteiger partial charge on any atom is -0.493 e. The number of hydrogen-bond donors (Lipinski definition) is 3. The van der Waals surface area contributed by atoms with Gasteiger partial charge in [-0.05, 0) is 78.4 Å². The Hall–Kier alpha value is -6.46. The fraction of sp³-hybridized carbons (Fsp3) is 0.289. The Balaban J connectivity index is 0.893. The Bertz CT molecular complexity index is 2730. The second kappa shape index (κ2) is 18.3. The molecule has 0 radical (unpaired) electrons. The van der Waals surface area contributed by atoms with Crippen molar-refractivity contribution in [3.05, 3.63) is 125 Å². The van der Waals surface area contributed by atoms with Gasteiger partial charge in [0.1, 0.15) is 29.8 Å². The van der Waals surface area contributed by atoms with E-state index in [9.17, 15) is 19.5 Å². The third-order valence-corrected chi connectivity index (χ3v) is 12.9. The molecule has 3 aromatic heterocycles. The number of nitrogens with one attached hydrogen (secondary N) is 2. The summed E-state index contributed by atoms with van der Waals surface area (Å²) in [4.78, 5) is 46.2. The smallest absolute Gasteiger partial charge is 0.354 e. The van der Waals surface area contributed by atoms with Gasteiger partial charge < -0.3 is 23.7 Å². The van der Waals surface area contributed by atoms with Crippen LogP contribution in [0.2, 0.25) is 0 Å². The molecule has 8 rings (SSSR count). The summed E-state index contributed by atoms with van der Waals surface area (Å²) in [7, 11) is 1.94. The van der Waals surface area contributed by atoms with Gasteiger partial charge in [-0.2, -0.15) is 5.21 Å². The van der Waals surface area contributed by atoms with E-state index in [1.54, 1.807) is 11.8 Å². The first kappa shape index (κ1) is 42.2. The number of aromatic carboxylic acids is 1. The highest BCUT2D eigenvalue weighted by Gasteiger charge is 2.34. The molecule has 3 N–H and O–H groups in total. The average Bonchev–Trinajstić information content (AvgIpc) is 4.06. The van der Waals surface area contributed by atoms with E-state index in [4.69, 9.17) is 19.4 Å². The van der Waals surface area contributed by atoms with Crippen LogP contribution >= 0.6 is 23.5 Å². The lowest BCUT2D eigenvalue weighted by atomic mass is 9.98. The van der Waals surface area contributed by atoms with Crippen molar-refractivity contribution in [1.82, 2.24) is 45.0 Å². The summed E-state index contributed by atoms with van der Waals surface area (Å²) < 4.78 is 15.5. The number of thioether (sulfide) groups is 2. The number of amides is 2. The zero-order valence-corrected chi connectivity index (χ0v) is 36.3. The zero-order valence-electron chi connectivity index (χ0n) is 34.6. The van der Waals surface area contributed by atoms with Crippen molar-refractivity contribution >= 4 is 51.7 Å². The molecule has 0 spiro atoms. The number of imide groups is 1. The van der Waals surface area contributed by atoms with Crippen molar-refractivity contribution in [2.24, 2.45) is 7.05 Å². The monoisotopic (exact) mass is 871 g/mol. The number of nitrogens with zero attached hydrogens (tertiary/aromatic N) is 7. The molecule has 0 bridgehead atoms. The maximum Gasteiger partial charge on any atom is 0.354 e. The first-order chi connectivity index (χ1) is 30.0. The van der Waals surface area contributed by atoms with Gasteiger partial charge in [0, 0.05) is 37.4 Å². The SMILES string of the molecule is CCCc1nc(C(C)(C)SCCOc2ccc3nc(COc4ccc(CC5SC(=O)NC5=O)cc4)n(C)c3c2)c(C(=O)O)n1Cc1ccc(-c2ccccc2-c2nn[nH]n2)cc1. The van der Waals surface area contributed by atoms with Crippen LogP contribution in [0.4, 0.5) is 4.79 Å². The summed E-state index contributed by atoms with van der Waals surface area (Å²) in [5.74, 6) is 2.69. The standard InChI is InChI=1S/C45H45N9O6S2/c1-5-8-37-47-40(39(43(56)57)54(37)25-28-11-15-29(16-12-28)32-9-6-7-10-33(32)41-49-51-52-50-41)45(2,3)61-22-21-59-31-19-20-34-35(24-31)53(4)38(46-34)26-60-30-17-13-27(14-18-30)23-36-42(55)48-44(58)62-36/h6-7,9-20,24,36H,5,8,21-23,25-26H2,1-4H3,(H,56,57)(H,48,55,58)(H,49,50,51,52). The number of carboxylic acids is 1. The molecular formula is C45H45N9O6S2. The third-order valence-electron chi connectivity index (χ3n) is 10.7. The third kappa shape index (κ3) is 9.23. The number of aromatic amines is 1. The summed E-state index contributed by atoms with van der Waals surface area (Å²) in [6, 6.07) is 29.2. The molecule has 1 fully saturated rings. The second-order valence-electron chi connectivity index (χ2n) is 15.3. The minimum absolute atomic E-state index is 0.199. The molecule has 4 aromatic carbocycles. The molecule has 1 saturated heterocycles. The molecule has 17 heteroatoms. The van der Waals surface area contributed by atoms with E-state index in [0.717, 1.165) is 68.7 Å². The highest BCUT2D eigenvalue weighted by Crippen LogP contribution is 2.38. The number of aromatic nitrogens is 8. The number of imidazole rings is 2. The molecule has 0 aliphatic carbocycles. The van der Waals surface area contributed by atoms with E-state index in [1.165, 1.54) is 0 Å². The number of benzene rings is 4. The van der Waals surface area contributed by atoms with Crippen molar-refractivity contribution in [3.8, 4) is 34.0 Å². The lowest BCUT2D eigenvalue weighted by Crippen LogP contribution is -2.25. The summed E-state index contributed by atoms with van der Waals surface area (Å²) in [6.07, 6.45) is 1.93. The molecule has 1 unspecified atom stereocenters. The fourth-order valence-electron chi connectivity index (χ4n) is 7.47. The van der Waals surface area contributed by atoms with Crippen LogP contribution in [0.5, 0.6) is 11.5 Å². The number of fused-ring (bicyclic) bond motifs is 1. The summed E-state index contributed by atoms with van der Waals surface area (Å²) >= 11 is 2.62. The van der Waals surface area contributed by atoms with E-state index >= 15 is 0 Å². The first-order valence-corrected chi connectivity index (χ1v) is 22.0. The van der Waals surface area contributed by atoms with Crippen molar-refractivity contribution in [2.75, 3.05) is 12.4 Å². The van der Waals surface area contributed by atoms with E-state index < -0.39 is 16.0 Å². The molecule has 2 amide bonds. The van der Waals surface area contributed by atoms with Crippen molar-refractivity contribution in [1.29, 1.82) is 0 Å². The lowest BCUT2D eigenvalue weighted by Gasteiger charge is -2.23. The van der Waals surface area contributed by atoms with Gasteiger partial charge in [0.2, 0.25) is 11.7 Å². The van der Waals surface area contributed by atoms with Crippen molar-refractivity contribution in [2.45, 2.75) is 63.2 Å². The van der Waals surface area contributed by atoms with Crippen LogP contribution < -0.4 is 14.8 Å². The van der Waals surface area contributed by atoms with Gasteiger partial charge >= 0.3 is 5.97 Å². The summed E-state index contributed by atoms with van der Waals surface area (Å²) in [6.45, 7) is 7.11. The molecule has 1 atom stereocenters. The lowest BCUT2D eigenvalue weighted by molar-refractivity contribution is -0.118. The van der Waals surface area contributed by atoms with Crippen molar-refractivity contribution in [3.63, 3.8) is 0 Å². The molecule has 0 saturated carbocycles. The molecule has 62 heavy (non-hydrogen) atoms. The van der Waals surface area contributed by atoms with Gasteiger partial charge in [-0.25, -0.2) is 14.8 Å². The van der Waals surface area contributed by atoms with Crippen LogP contribution in [-0.2, 0) is 42.6 Å². The molecule has 1 aliphatic rings. The number of H-pyrrole nitrogens is 1. The largest absolute Gasteiger partial charge is 0.493 e. The number of tetrazole rings is 1. The summed E-state index contributed by atoms with van der Waals surface area (Å²) in [5.41, 5.74) is 7.16. The summed E-state index contributed by atoms with van der Waals surface area (Å²) in [5, 5.41) is 26.8. The van der Waals surface area contributed by atoms with Gasteiger partial charge in [-0.1, -0.05) is 79.3 Å². The molecule has 15 nitrogen and oxygen atoms in total. The molecule has 1 aliphatic heterocycles. The number of carbonyl (C=O) groups is 3. The Morgan fingerprint density at radius 3 is 2.35 bits per heavy atom. The van der Waals surface area contributed by atoms with Crippen LogP contribution in [0.15, 0.2) is 91.0 Å². The van der Waals surface area contributed by atoms with Crippen LogP contribution in [0.25, 0.3) is 33.5 Å². The maximum atomic E-state index is 13.0. The zero-order chi connectivity index (χ0) is 43.4.